The van der Waals surface area contributed by atoms with Crippen LogP contribution in [0, 0.1) is 11.3 Å². The van der Waals surface area contributed by atoms with E-state index in [1.807, 2.05) is 6.07 Å². The van der Waals surface area contributed by atoms with Crippen molar-refractivity contribution in [3.63, 3.8) is 0 Å². The maximum absolute atomic E-state index is 12.5. The van der Waals surface area contributed by atoms with Crippen LogP contribution in [0.2, 0.25) is 0 Å². The summed E-state index contributed by atoms with van der Waals surface area (Å²) in [6, 6.07) is 14.5. The first kappa shape index (κ1) is 27.6. The summed E-state index contributed by atoms with van der Waals surface area (Å²) in [5.41, 5.74) is 7.69. The second kappa shape index (κ2) is 12.2. The van der Waals surface area contributed by atoms with Gasteiger partial charge in [-0.05, 0) is 36.2 Å². The van der Waals surface area contributed by atoms with E-state index in [4.69, 9.17) is 15.6 Å². The molecular formula is C24H21N4NaO6. The van der Waals surface area contributed by atoms with Gasteiger partial charge in [0.2, 0.25) is 0 Å². The summed E-state index contributed by atoms with van der Waals surface area (Å²) in [7, 11) is 1.42. The van der Waals surface area contributed by atoms with Gasteiger partial charge in [0, 0.05) is 23.2 Å². The van der Waals surface area contributed by atoms with E-state index in [1.165, 1.54) is 19.2 Å². The van der Waals surface area contributed by atoms with Crippen LogP contribution in [0.4, 0.5) is 11.5 Å². The molecule has 0 saturated carbocycles. The first-order valence-electron chi connectivity index (χ1n) is 10.1. The molecule has 1 heterocycles. The number of carbonyl (C=O) groups is 2. The molecule has 0 bridgehead atoms. The third-order valence-electron chi connectivity index (χ3n) is 5.00. The molecule has 0 aliphatic heterocycles. The molecule has 1 aromatic heterocycles. The maximum atomic E-state index is 12.5. The number of nitriles is 1. The van der Waals surface area contributed by atoms with Gasteiger partial charge in [0.05, 0.1) is 12.8 Å². The van der Waals surface area contributed by atoms with Gasteiger partial charge in [-0.15, -0.1) is 0 Å². The zero-order valence-electron chi connectivity index (χ0n) is 19.1. The Bertz CT molecular complexity index is 1290. The number of pyridine rings is 1. The maximum Gasteiger partial charge on any atom is 1.00 e. The van der Waals surface area contributed by atoms with Crippen LogP contribution in [0.5, 0.6) is 11.5 Å². The molecule has 174 valence electrons. The predicted octanol–water partition coefficient (Wildman–Crippen LogP) is -0.880. The fourth-order valence-electron chi connectivity index (χ4n) is 3.35. The van der Waals surface area contributed by atoms with Crippen LogP contribution in [0.25, 0.3) is 22.4 Å². The van der Waals surface area contributed by atoms with Crippen LogP contribution in [0.3, 0.4) is 0 Å². The standard InChI is InChI=1S/C24H22N4O6.Na/c1-34-20-7-3-6-18(29)22(20)17-11-15(16(12-25)23(26)28-17)13-4-2-5-14(10-13)27-24(33)19(30)8-9-21(31)32;/h2-7,10-11,19,29-30H,8-9H2,1H3,(H2,26,28)(H,27,33)(H,31,32);/q;+1/p-1. The molecule has 1 amide bonds. The second-order valence-corrected chi connectivity index (χ2v) is 7.28. The average molecular weight is 484 g/mol. The van der Waals surface area contributed by atoms with Crippen LogP contribution < -0.4 is 50.5 Å². The van der Waals surface area contributed by atoms with E-state index in [2.05, 4.69) is 10.3 Å². The van der Waals surface area contributed by atoms with Crippen LogP contribution in [0.1, 0.15) is 18.4 Å². The number of nitrogen functional groups attached to an aromatic ring is 1. The first-order valence-corrected chi connectivity index (χ1v) is 10.1. The predicted molar refractivity (Wildman–Crippen MR) is 122 cm³/mol. The van der Waals surface area contributed by atoms with Crippen molar-refractivity contribution < 1.29 is 59.2 Å². The first-order chi connectivity index (χ1) is 16.2. The van der Waals surface area contributed by atoms with Crippen molar-refractivity contribution in [3.8, 4) is 40.0 Å². The van der Waals surface area contributed by atoms with E-state index < -0.39 is 18.0 Å². The summed E-state index contributed by atoms with van der Waals surface area (Å²) in [4.78, 5) is 27.1. The Morgan fingerprint density at radius 3 is 2.63 bits per heavy atom. The number of nitrogens with one attached hydrogen (secondary N) is 1. The molecule has 2 aromatic carbocycles. The summed E-state index contributed by atoms with van der Waals surface area (Å²) in [5, 5.41) is 43.3. The molecule has 0 aliphatic carbocycles. The van der Waals surface area contributed by atoms with E-state index in [0.717, 1.165) is 0 Å². The van der Waals surface area contributed by atoms with Gasteiger partial charge in [0.15, 0.2) is 0 Å². The van der Waals surface area contributed by atoms with Crippen molar-refractivity contribution in [3.05, 3.63) is 54.1 Å². The van der Waals surface area contributed by atoms with Crippen LogP contribution in [-0.2, 0) is 9.59 Å². The fourth-order valence-corrected chi connectivity index (χ4v) is 3.35. The van der Waals surface area contributed by atoms with Crippen molar-refractivity contribution in [2.75, 3.05) is 18.2 Å². The van der Waals surface area contributed by atoms with E-state index in [1.54, 1.807) is 36.4 Å². The molecule has 0 saturated heterocycles. The molecule has 35 heavy (non-hydrogen) atoms. The number of anilines is 2. The summed E-state index contributed by atoms with van der Waals surface area (Å²) in [6.07, 6.45) is -2.09. The van der Waals surface area contributed by atoms with Crippen LogP contribution in [0.15, 0.2) is 48.5 Å². The SMILES string of the molecule is COc1cccc([O-])c1-c1cc(-c2cccc(NC(=O)C(O)CCC(=O)O)c2)c(C#N)c(N)n1.[Na+]. The molecular weight excluding hydrogens is 463 g/mol. The third-order valence-corrected chi connectivity index (χ3v) is 5.00. The van der Waals surface area contributed by atoms with Crippen molar-refractivity contribution in [1.29, 1.82) is 5.26 Å². The monoisotopic (exact) mass is 484 g/mol. The number of amides is 1. The molecule has 0 radical (unpaired) electrons. The van der Waals surface area contributed by atoms with Gasteiger partial charge in [0.1, 0.15) is 29.3 Å². The van der Waals surface area contributed by atoms with Gasteiger partial charge in [-0.1, -0.05) is 30.0 Å². The van der Waals surface area contributed by atoms with Gasteiger partial charge < -0.3 is 31.1 Å². The number of methoxy groups -OCH3 is 1. The normalized spacial score (nSPS) is 11.0. The smallest absolute Gasteiger partial charge is 0.872 e. The van der Waals surface area contributed by atoms with E-state index in [-0.39, 0.29) is 70.8 Å². The second-order valence-electron chi connectivity index (χ2n) is 7.28. The average Bonchev–Trinajstić information content (AvgIpc) is 2.81. The summed E-state index contributed by atoms with van der Waals surface area (Å²) in [6.45, 7) is 0. The number of aliphatic carboxylic acids is 1. The number of carboxylic acid groups (broad SMARTS) is 1. The number of rotatable bonds is 8. The molecule has 0 fully saturated rings. The van der Waals surface area contributed by atoms with Crippen molar-refractivity contribution in [2.24, 2.45) is 0 Å². The number of carbonyl (C=O) groups excluding carboxylic acids is 1. The minimum absolute atomic E-state index is 0. The Labute approximate surface area is 223 Å². The summed E-state index contributed by atoms with van der Waals surface area (Å²) in [5.74, 6) is -2.01. The molecule has 3 aromatic rings. The number of ether oxygens (including phenoxy) is 1. The summed E-state index contributed by atoms with van der Waals surface area (Å²) < 4.78 is 5.29. The molecule has 11 heteroatoms. The van der Waals surface area contributed by atoms with E-state index >= 15 is 0 Å². The van der Waals surface area contributed by atoms with Gasteiger partial charge in [-0.25, -0.2) is 4.98 Å². The zero-order chi connectivity index (χ0) is 24.8. The number of carboxylic acids is 1. The number of hydrogen-bond acceptors (Lipinski definition) is 8. The Balaban J connectivity index is 0.00000432. The number of aromatic nitrogens is 1. The van der Waals surface area contributed by atoms with Crippen molar-refractivity contribution >= 4 is 23.4 Å². The molecule has 0 aliphatic rings. The van der Waals surface area contributed by atoms with E-state index in [0.29, 0.717) is 22.6 Å². The number of hydrogen-bond donors (Lipinski definition) is 4. The van der Waals surface area contributed by atoms with Crippen LogP contribution >= 0.6 is 0 Å². The molecule has 1 unspecified atom stereocenters. The van der Waals surface area contributed by atoms with Gasteiger partial charge in [-0.3, -0.25) is 9.59 Å². The Morgan fingerprint density at radius 1 is 1.26 bits per heavy atom. The number of aliphatic hydroxyl groups excluding tert-OH is 1. The zero-order valence-corrected chi connectivity index (χ0v) is 21.1. The Hall–Kier alpha value is -3.62. The number of nitrogens with zero attached hydrogens (tertiary/aromatic N) is 2. The van der Waals surface area contributed by atoms with Crippen molar-refractivity contribution in [1.82, 2.24) is 4.98 Å². The van der Waals surface area contributed by atoms with Gasteiger partial charge >= 0.3 is 35.5 Å². The number of nitrogens with two attached hydrogens (primary N) is 1. The minimum atomic E-state index is -1.50. The molecule has 0 spiro atoms. The quantitative estimate of drug-likeness (QED) is 0.295. The molecule has 1 atom stereocenters. The molecule has 3 rings (SSSR count). The van der Waals surface area contributed by atoms with Gasteiger partial charge in [0.25, 0.3) is 5.91 Å². The van der Waals surface area contributed by atoms with Crippen molar-refractivity contribution in [2.45, 2.75) is 18.9 Å². The Morgan fingerprint density at radius 2 is 1.97 bits per heavy atom. The third kappa shape index (κ3) is 6.49. The van der Waals surface area contributed by atoms with Gasteiger partial charge in [-0.2, -0.15) is 5.26 Å². The molecule has 5 N–H and O–H groups in total. The topological polar surface area (TPSA) is 182 Å². The molecule has 10 nitrogen and oxygen atoms in total. The number of aliphatic hydroxyl groups is 1. The number of benzene rings is 2. The van der Waals surface area contributed by atoms with E-state index in [9.17, 15) is 25.1 Å². The Kier molecular flexibility index (Phi) is 9.62. The van der Waals surface area contributed by atoms with Crippen LogP contribution in [-0.4, -0.2) is 40.3 Å². The minimum Gasteiger partial charge on any atom is -0.872 e. The largest absolute Gasteiger partial charge is 1.00 e. The summed E-state index contributed by atoms with van der Waals surface area (Å²) >= 11 is 0. The fraction of sp³-hybridized carbons (Fsp3) is 0.167.